The summed E-state index contributed by atoms with van der Waals surface area (Å²) in [6, 6.07) is 11.7. The van der Waals surface area contributed by atoms with E-state index in [4.69, 9.17) is 23.2 Å². The van der Waals surface area contributed by atoms with Gasteiger partial charge >= 0.3 is 5.97 Å². The van der Waals surface area contributed by atoms with Gasteiger partial charge in [-0.3, -0.25) is 4.79 Å². The SMILES string of the molecule is Cc1c(C(=O)NC2CCCCC2)nn(-c2ccc(Cl)cc2Cl)c1-c1ccc(C(=O)O)cc1. The molecule has 0 bridgehead atoms. The Kier molecular flexibility index (Phi) is 6.53. The van der Waals surface area contributed by atoms with Gasteiger partial charge in [0.05, 0.1) is 22.0 Å². The molecule has 1 fully saturated rings. The summed E-state index contributed by atoms with van der Waals surface area (Å²) in [5, 5.41) is 17.9. The summed E-state index contributed by atoms with van der Waals surface area (Å²) in [6.07, 6.45) is 5.36. The highest BCUT2D eigenvalue weighted by Crippen LogP contribution is 2.33. The molecule has 0 radical (unpaired) electrons. The van der Waals surface area contributed by atoms with Crippen LogP contribution in [0.4, 0.5) is 0 Å². The van der Waals surface area contributed by atoms with Gasteiger partial charge in [-0.25, -0.2) is 9.48 Å². The smallest absolute Gasteiger partial charge is 0.335 e. The standard InChI is InChI=1S/C24H23Cl2N3O3/c1-14-21(23(30)27-18-5-3-2-4-6-18)28-29(20-12-11-17(25)13-19(20)26)22(14)15-7-9-16(10-8-15)24(31)32/h7-13,18H,2-6H2,1H3,(H,27,30)(H,31,32). The summed E-state index contributed by atoms with van der Waals surface area (Å²) in [5.41, 5.74) is 3.15. The maximum Gasteiger partial charge on any atom is 0.335 e. The summed E-state index contributed by atoms with van der Waals surface area (Å²) >= 11 is 12.5. The lowest BCUT2D eigenvalue weighted by molar-refractivity contribution is 0.0696. The van der Waals surface area contributed by atoms with Crippen molar-refractivity contribution in [2.45, 2.75) is 45.1 Å². The van der Waals surface area contributed by atoms with Crippen molar-refractivity contribution < 1.29 is 14.7 Å². The third-order valence-electron chi connectivity index (χ3n) is 5.82. The van der Waals surface area contributed by atoms with Gasteiger partial charge < -0.3 is 10.4 Å². The fourth-order valence-electron chi connectivity index (χ4n) is 4.15. The van der Waals surface area contributed by atoms with E-state index >= 15 is 0 Å². The molecule has 32 heavy (non-hydrogen) atoms. The molecular formula is C24H23Cl2N3O3. The fourth-order valence-corrected chi connectivity index (χ4v) is 4.64. The van der Waals surface area contributed by atoms with Crippen LogP contribution in [0.2, 0.25) is 10.0 Å². The van der Waals surface area contributed by atoms with Crippen molar-refractivity contribution in [3.05, 3.63) is 69.3 Å². The average Bonchev–Trinajstić information content (AvgIpc) is 3.11. The molecule has 2 aromatic carbocycles. The van der Waals surface area contributed by atoms with Crippen LogP contribution < -0.4 is 5.32 Å². The Morgan fingerprint density at radius 3 is 2.38 bits per heavy atom. The minimum Gasteiger partial charge on any atom is -0.478 e. The summed E-state index contributed by atoms with van der Waals surface area (Å²) in [4.78, 5) is 24.4. The van der Waals surface area contributed by atoms with Crippen molar-refractivity contribution in [1.29, 1.82) is 0 Å². The van der Waals surface area contributed by atoms with Gasteiger partial charge in [0.1, 0.15) is 0 Å². The normalized spacial score (nSPS) is 14.3. The molecule has 1 saturated carbocycles. The van der Waals surface area contributed by atoms with Gasteiger partial charge in [-0.2, -0.15) is 5.10 Å². The van der Waals surface area contributed by atoms with Crippen LogP contribution in [0.1, 0.15) is 58.5 Å². The number of carbonyl (C=O) groups excluding carboxylic acids is 1. The Morgan fingerprint density at radius 1 is 1.06 bits per heavy atom. The maximum absolute atomic E-state index is 13.1. The van der Waals surface area contributed by atoms with Gasteiger partial charge in [0.2, 0.25) is 0 Å². The molecule has 1 aliphatic rings. The first-order chi connectivity index (χ1) is 15.3. The van der Waals surface area contributed by atoms with E-state index in [9.17, 15) is 14.7 Å². The van der Waals surface area contributed by atoms with Crippen molar-refractivity contribution >= 4 is 35.1 Å². The molecule has 1 aromatic heterocycles. The van der Waals surface area contributed by atoms with Crippen LogP contribution in [0, 0.1) is 6.92 Å². The molecule has 6 nitrogen and oxygen atoms in total. The molecule has 0 unspecified atom stereocenters. The van der Waals surface area contributed by atoms with Crippen LogP contribution in [0.25, 0.3) is 16.9 Å². The minimum absolute atomic E-state index is 0.151. The number of halogens is 2. The second-order valence-corrected chi connectivity index (χ2v) is 8.86. The fraction of sp³-hybridized carbons (Fsp3) is 0.292. The molecule has 8 heteroatoms. The number of nitrogens with one attached hydrogen (secondary N) is 1. The summed E-state index contributed by atoms with van der Waals surface area (Å²) in [6.45, 7) is 1.84. The zero-order chi connectivity index (χ0) is 22.8. The number of carbonyl (C=O) groups is 2. The molecule has 1 heterocycles. The Labute approximate surface area is 196 Å². The van der Waals surface area contributed by atoms with Crippen LogP contribution in [0.5, 0.6) is 0 Å². The van der Waals surface area contributed by atoms with E-state index in [1.807, 2.05) is 6.92 Å². The summed E-state index contributed by atoms with van der Waals surface area (Å²) < 4.78 is 1.62. The van der Waals surface area contributed by atoms with Crippen molar-refractivity contribution in [3.8, 4) is 16.9 Å². The third kappa shape index (κ3) is 4.52. The Bertz CT molecular complexity index is 1170. The van der Waals surface area contributed by atoms with Gasteiger partial charge in [0, 0.05) is 22.2 Å². The molecule has 166 valence electrons. The van der Waals surface area contributed by atoms with E-state index < -0.39 is 5.97 Å². The molecule has 0 saturated heterocycles. The number of carboxylic acids is 1. The number of rotatable bonds is 5. The van der Waals surface area contributed by atoms with Gasteiger partial charge in [-0.1, -0.05) is 54.6 Å². The molecule has 1 amide bonds. The van der Waals surface area contributed by atoms with Crippen LogP contribution in [0.15, 0.2) is 42.5 Å². The van der Waals surface area contributed by atoms with Crippen LogP contribution in [0.3, 0.4) is 0 Å². The average molecular weight is 472 g/mol. The Morgan fingerprint density at radius 2 is 1.75 bits per heavy atom. The van der Waals surface area contributed by atoms with E-state index in [0.717, 1.165) is 31.2 Å². The molecule has 3 aromatic rings. The van der Waals surface area contributed by atoms with Crippen molar-refractivity contribution in [2.24, 2.45) is 0 Å². The number of hydrogen-bond acceptors (Lipinski definition) is 3. The van der Waals surface area contributed by atoms with E-state index in [1.54, 1.807) is 35.0 Å². The first kappa shape index (κ1) is 22.4. The third-order valence-corrected chi connectivity index (χ3v) is 6.36. The van der Waals surface area contributed by atoms with E-state index in [1.165, 1.54) is 18.6 Å². The lowest BCUT2D eigenvalue weighted by Gasteiger charge is -2.22. The number of carboxylic acid groups (broad SMARTS) is 1. The number of nitrogens with zero attached hydrogens (tertiary/aromatic N) is 2. The van der Waals surface area contributed by atoms with Crippen LogP contribution >= 0.6 is 23.2 Å². The number of aromatic carboxylic acids is 1. The van der Waals surface area contributed by atoms with Gasteiger partial charge in [-0.05, 0) is 50.1 Å². The monoisotopic (exact) mass is 471 g/mol. The van der Waals surface area contributed by atoms with Gasteiger partial charge in [0.25, 0.3) is 5.91 Å². The van der Waals surface area contributed by atoms with E-state index in [-0.39, 0.29) is 17.5 Å². The number of amides is 1. The number of aromatic nitrogens is 2. The van der Waals surface area contributed by atoms with E-state index in [2.05, 4.69) is 10.4 Å². The first-order valence-electron chi connectivity index (χ1n) is 10.5. The van der Waals surface area contributed by atoms with Crippen LogP contribution in [-0.4, -0.2) is 32.8 Å². The molecule has 0 aliphatic heterocycles. The maximum atomic E-state index is 13.1. The highest BCUT2D eigenvalue weighted by Gasteiger charge is 2.25. The molecule has 0 atom stereocenters. The van der Waals surface area contributed by atoms with Crippen LogP contribution in [-0.2, 0) is 0 Å². The first-order valence-corrected chi connectivity index (χ1v) is 11.3. The Balaban J connectivity index is 1.80. The van der Waals surface area contributed by atoms with Crippen molar-refractivity contribution in [2.75, 3.05) is 0 Å². The summed E-state index contributed by atoms with van der Waals surface area (Å²) in [5.74, 6) is -1.23. The zero-order valence-corrected chi connectivity index (χ0v) is 19.1. The predicted octanol–water partition coefficient (Wildman–Crippen LogP) is 5.92. The summed E-state index contributed by atoms with van der Waals surface area (Å²) in [7, 11) is 0. The quantitative estimate of drug-likeness (QED) is 0.483. The minimum atomic E-state index is -1.00. The lowest BCUT2D eigenvalue weighted by atomic mass is 9.95. The van der Waals surface area contributed by atoms with Crippen molar-refractivity contribution in [3.63, 3.8) is 0 Å². The lowest BCUT2D eigenvalue weighted by Crippen LogP contribution is -2.36. The second-order valence-electron chi connectivity index (χ2n) is 8.02. The second kappa shape index (κ2) is 9.35. The van der Waals surface area contributed by atoms with Gasteiger partial charge in [-0.15, -0.1) is 0 Å². The molecule has 2 N–H and O–H groups in total. The number of hydrogen-bond donors (Lipinski definition) is 2. The molecule has 1 aliphatic carbocycles. The van der Waals surface area contributed by atoms with E-state index in [0.29, 0.717) is 32.7 Å². The topological polar surface area (TPSA) is 84.2 Å². The largest absolute Gasteiger partial charge is 0.478 e. The molecule has 0 spiro atoms. The Hall–Kier alpha value is -2.83. The highest BCUT2D eigenvalue weighted by molar-refractivity contribution is 6.35. The highest BCUT2D eigenvalue weighted by atomic mass is 35.5. The predicted molar refractivity (Wildman–Crippen MR) is 125 cm³/mol. The number of benzene rings is 2. The van der Waals surface area contributed by atoms with Gasteiger partial charge in [0.15, 0.2) is 5.69 Å². The molecular weight excluding hydrogens is 449 g/mol. The molecule has 4 rings (SSSR count). The van der Waals surface area contributed by atoms with Crippen molar-refractivity contribution in [1.82, 2.24) is 15.1 Å². The zero-order valence-electron chi connectivity index (χ0n) is 17.6.